The second kappa shape index (κ2) is 9.60. The summed E-state index contributed by atoms with van der Waals surface area (Å²) in [6, 6.07) is 12.6. The predicted molar refractivity (Wildman–Crippen MR) is 112 cm³/mol. The zero-order valence-corrected chi connectivity index (χ0v) is 18.0. The minimum Gasteiger partial charge on any atom is -0.493 e. The molecule has 0 aliphatic carbocycles. The first kappa shape index (κ1) is 22.5. The van der Waals surface area contributed by atoms with Gasteiger partial charge in [0.1, 0.15) is 0 Å². The molecule has 0 aromatic heterocycles. The Morgan fingerprint density at radius 1 is 1.07 bits per heavy atom. The lowest BCUT2D eigenvalue weighted by molar-refractivity contribution is 0.271. The fourth-order valence-electron chi connectivity index (χ4n) is 3.35. The molecule has 0 amide bonds. The number of halogens is 1. The summed E-state index contributed by atoms with van der Waals surface area (Å²) >= 11 is 0. The summed E-state index contributed by atoms with van der Waals surface area (Å²) in [4.78, 5) is 0.206. The van der Waals surface area contributed by atoms with Gasteiger partial charge >= 0.3 is 0 Å². The van der Waals surface area contributed by atoms with E-state index in [4.69, 9.17) is 9.47 Å². The fraction of sp³-hybridized carbons (Fsp3) is 0.400. The highest BCUT2D eigenvalue weighted by molar-refractivity contribution is 7.89. The Morgan fingerprint density at radius 2 is 1.75 bits per heavy atom. The Morgan fingerprint density at radius 3 is 2.36 bits per heavy atom. The maximum Gasteiger partial charge on any atom is 0.243 e. The zero-order valence-electron chi connectivity index (χ0n) is 16.3. The van der Waals surface area contributed by atoms with Gasteiger partial charge in [-0.2, -0.15) is 4.31 Å². The van der Waals surface area contributed by atoms with E-state index in [9.17, 15) is 8.42 Å². The van der Waals surface area contributed by atoms with Gasteiger partial charge < -0.3 is 14.8 Å². The molecule has 28 heavy (non-hydrogen) atoms. The van der Waals surface area contributed by atoms with Crippen LogP contribution < -0.4 is 14.8 Å². The molecule has 1 saturated heterocycles. The third kappa shape index (κ3) is 4.43. The number of hydrogen-bond acceptors (Lipinski definition) is 5. The standard InChI is InChI=1S/C20H26N2O4S.ClH/c1-4-15-5-7-16(8-6-15)18-14-21-11-12-22(18)27(23,24)17-9-10-19(25-2)20(13-17)26-3;/h5-10,13,18,21H,4,11-12,14H2,1-3H3;1H. The molecule has 6 nitrogen and oxygen atoms in total. The first-order chi connectivity index (χ1) is 13.0. The van der Waals surface area contributed by atoms with Crippen molar-refractivity contribution in [1.29, 1.82) is 0 Å². The quantitative estimate of drug-likeness (QED) is 0.769. The molecule has 3 rings (SSSR count). The average Bonchev–Trinajstić information content (AvgIpc) is 2.73. The van der Waals surface area contributed by atoms with Gasteiger partial charge in [0, 0.05) is 25.7 Å². The van der Waals surface area contributed by atoms with Crippen LogP contribution in [0.5, 0.6) is 11.5 Å². The first-order valence-corrected chi connectivity index (χ1v) is 10.5. The Bertz CT molecular complexity index is 888. The molecule has 1 fully saturated rings. The lowest BCUT2D eigenvalue weighted by Crippen LogP contribution is -2.48. The van der Waals surface area contributed by atoms with Crippen molar-refractivity contribution in [3.8, 4) is 11.5 Å². The molecular weight excluding hydrogens is 400 g/mol. The van der Waals surface area contributed by atoms with Crippen molar-refractivity contribution in [2.45, 2.75) is 24.3 Å². The molecule has 0 bridgehead atoms. The van der Waals surface area contributed by atoms with Gasteiger partial charge in [0.05, 0.1) is 25.2 Å². The Balaban J connectivity index is 0.00000280. The molecule has 2 aromatic carbocycles. The smallest absolute Gasteiger partial charge is 0.243 e. The topological polar surface area (TPSA) is 67.9 Å². The van der Waals surface area contributed by atoms with Gasteiger partial charge in [-0.05, 0) is 29.7 Å². The normalized spacial score (nSPS) is 17.6. The van der Waals surface area contributed by atoms with Gasteiger partial charge in [0.15, 0.2) is 11.5 Å². The Kier molecular flexibility index (Phi) is 7.71. The summed E-state index contributed by atoms with van der Waals surface area (Å²) in [6.45, 7) is 3.72. The largest absolute Gasteiger partial charge is 0.493 e. The molecule has 1 aliphatic rings. The monoisotopic (exact) mass is 426 g/mol. The van der Waals surface area contributed by atoms with Crippen LogP contribution in [0.25, 0.3) is 0 Å². The van der Waals surface area contributed by atoms with E-state index in [-0.39, 0.29) is 23.3 Å². The van der Waals surface area contributed by atoms with Crippen molar-refractivity contribution < 1.29 is 17.9 Å². The molecule has 8 heteroatoms. The lowest BCUT2D eigenvalue weighted by atomic mass is 10.0. The number of piperazine rings is 1. The van der Waals surface area contributed by atoms with E-state index >= 15 is 0 Å². The number of sulfonamides is 1. The number of nitrogens with zero attached hydrogens (tertiary/aromatic N) is 1. The highest BCUT2D eigenvalue weighted by Crippen LogP contribution is 2.34. The molecule has 2 aromatic rings. The van der Waals surface area contributed by atoms with E-state index in [1.165, 1.54) is 25.8 Å². The van der Waals surface area contributed by atoms with Crippen molar-refractivity contribution in [2.24, 2.45) is 0 Å². The van der Waals surface area contributed by atoms with E-state index < -0.39 is 10.0 Å². The van der Waals surface area contributed by atoms with Crippen LogP contribution in [0.4, 0.5) is 0 Å². The van der Waals surface area contributed by atoms with Gasteiger partial charge in [-0.15, -0.1) is 12.4 Å². The first-order valence-electron chi connectivity index (χ1n) is 9.04. The van der Waals surface area contributed by atoms with Gasteiger partial charge in [0.2, 0.25) is 10.0 Å². The average molecular weight is 427 g/mol. The number of ether oxygens (including phenoxy) is 2. The molecule has 1 atom stereocenters. The van der Waals surface area contributed by atoms with Gasteiger partial charge in [0.25, 0.3) is 0 Å². The van der Waals surface area contributed by atoms with Crippen molar-refractivity contribution in [3.05, 3.63) is 53.6 Å². The maximum absolute atomic E-state index is 13.4. The maximum atomic E-state index is 13.4. The van der Waals surface area contributed by atoms with E-state index in [1.807, 2.05) is 12.1 Å². The van der Waals surface area contributed by atoms with Crippen molar-refractivity contribution in [1.82, 2.24) is 9.62 Å². The van der Waals surface area contributed by atoms with Crippen LogP contribution in [0.1, 0.15) is 24.1 Å². The van der Waals surface area contributed by atoms with Crippen LogP contribution in [0.3, 0.4) is 0 Å². The van der Waals surface area contributed by atoms with E-state index in [0.29, 0.717) is 31.1 Å². The van der Waals surface area contributed by atoms with Crippen molar-refractivity contribution in [2.75, 3.05) is 33.9 Å². The van der Waals surface area contributed by atoms with Gasteiger partial charge in [-0.25, -0.2) is 8.42 Å². The third-order valence-electron chi connectivity index (χ3n) is 4.93. The van der Waals surface area contributed by atoms with Crippen molar-refractivity contribution >= 4 is 22.4 Å². The highest BCUT2D eigenvalue weighted by Gasteiger charge is 2.34. The van der Waals surface area contributed by atoms with E-state index in [0.717, 1.165) is 12.0 Å². The lowest BCUT2D eigenvalue weighted by Gasteiger charge is -2.35. The van der Waals surface area contributed by atoms with E-state index in [1.54, 1.807) is 16.4 Å². The molecule has 1 unspecified atom stereocenters. The fourth-order valence-corrected chi connectivity index (χ4v) is 4.98. The number of nitrogens with one attached hydrogen (secondary N) is 1. The van der Waals surface area contributed by atoms with Crippen LogP contribution in [0.15, 0.2) is 47.4 Å². The number of hydrogen-bond donors (Lipinski definition) is 1. The molecule has 154 valence electrons. The van der Waals surface area contributed by atoms with E-state index in [2.05, 4.69) is 24.4 Å². The summed E-state index contributed by atoms with van der Waals surface area (Å²) in [7, 11) is -0.652. The summed E-state index contributed by atoms with van der Waals surface area (Å²) < 4.78 is 38.8. The third-order valence-corrected chi connectivity index (χ3v) is 6.83. The summed E-state index contributed by atoms with van der Waals surface area (Å²) in [5.41, 5.74) is 2.22. The molecule has 1 N–H and O–H groups in total. The SMILES string of the molecule is CCc1ccc(C2CNCCN2S(=O)(=O)c2ccc(OC)c(OC)c2)cc1.Cl. The Hall–Kier alpha value is -1.80. The van der Waals surface area contributed by atoms with Crippen LogP contribution in [-0.2, 0) is 16.4 Å². The van der Waals surface area contributed by atoms with Crippen LogP contribution in [0, 0.1) is 0 Å². The summed E-state index contributed by atoms with van der Waals surface area (Å²) in [6.07, 6.45) is 0.955. The number of rotatable bonds is 6. The molecule has 1 aliphatic heterocycles. The second-order valence-electron chi connectivity index (χ2n) is 6.45. The van der Waals surface area contributed by atoms with Gasteiger partial charge in [-0.1, -0.05) is 31.2 Å². The molecule has 0 radical (unpaired) electrons. The number of aryl methyl sites for hydroxylation is 1. The highest BCUT2D eigenvalue weighted by atomic mass is 35.5. The predicted octanol–water partition coefficient (Wildman–Crippen LogP) is 3.02. The number of methoxy groups -OCH3 is 2. The van der Waals surface area contributed by atoms with Crippen LogP contribution >= 0.6 is 12.4 Å². The molecule has 1 heterocycles. The van der Waals surface area contributed by atoms with Crippen LogP contribution in [-0.4, -0.2) is 46.6 Å². The van der Waals surface area contributed by atoms with Crippen LogP contribution in [0.2, 0.25) is 0 Å². The minimum absolute atomic E-state index is 0. The molecular formula is C20H27ClN2O4S. The molecule has 0 saturated carbocycles. The zero-order chi connectivity index (χ0) is 19.4. The summed E-state index contributed by atoms with van der Waals surface area (Å²) in [5, 5.41) is 3.31. The second-order valence-corrected chi connectivity index (χ2v) is 8.34. The van der Waals surface area contributed by atoms with Crippen molar-refractivity contribution in [3.63, 3.8) is 0 Å². The molecule has 0 spiro atoms. The van der Waals surface area contributed by atoms with Gasteiger partial charge in [-0.3, -0.25) is 0 Å². The minimum atomic E-state index is -3.67. The summed E-state index contributed by atoms with van der Waals surface area (Å²) in [5.74, 6) is 0.904. The Labute approximate surface area is 173 Å². The number of benzene rings is 2.